The lowest BCUT2D eigenvalue weighted by molar-refractivity contribution is 0.102. The molecule has 28 heavy (non-hydrogen) atoms. The Hall–Kier alpha value is -3.88. The zero-order valence-corrected chi connectivity index (χ0v) is 15.0. The molecule has 0 bridgehead atoms. The number of anilines is 1. The first kappa shape index (κ1) is 18.9. The van der Waals surface area contributed by atoms with Gasteiger partial charge in [0.15, 0.2) is 11.5 Å². The van der Waals surface area contributed by atoms with Crippen molar-refractivity contribution < 1.29 is 18.7 Å². The molecule has 2 aromatic carbocycles. The van der Waals surface area contributed by atoms with Crippen LogP contribution < -0.4 is 26.0 Å². The fraction of sp³-hybridized carbons (Fsp3) is 0.105. The van der Waals surface area contributed by atoms with Crippen LogP contribution in [0.5, 0.6) is 11.5 Å². The van der Waals surface area contributed by atoms with Gasteiger partial charge in [0.05, 0.1) is 25.6 Å². The standard InChI is InChI=1S/C19H16FN3O5/c1-27-15-8-7-11(9-16(15)28-2)23-18(25)12(10-21-19(23)26)17(24)22-14-6-4-3-5-13(14)20/h3-10H,1-2H3,(H,21,26)(H,22,24). The average molecular weight is 385 g/mol. The zero-order chi connectivity index (χ0) is 20.3. The van der Waals surface area contributed by atoms with E-state index in [9.17, 15) is 18.8 Å². The van der Waals surface area contributed by atoms with E-state index in [4.69, 9.17) is 9.47 Å². The number of ether oxygens (including phenoxy) is 2. The second kappa shape index (κ2) is 7.78. The average Bonchev–Trinajstić information content (AvgIpc) is 2.69. The molecule has 0 aliphatic heterocycles. The highest BCUT2D eigenvalue weighted by Gasteiger charge is 2.18. The predicted octanol–water partition coefficient (Wildman–Crippen LogP) is 1.93. The number of halogens is 1. The Morgan fingerprint density at radius 2 is 1.79 bits per heavy atom. The van der Waals surface area contributed by atoms with Crippen molar-refractivity contribution in [1.82, 2.24) is 9.55 Å². The molecule has 144 valence electrons. The van der Waals surface area contributed by atoms with E-state index in [0.717, 1.165) is 10.8 Å². The number of benzene rings is 2. The van der Waals surface area contributed by atoms with Gasteiger partial charge in [-0.15, -0.1) is 0 Å². The van der Waals surface area contributed by atoms with Crippen LogP contribution in [0.1, 0.15) is 10.4 Å². The lowest BCUT2D eigenvalue weighted by Crippen LogP contribution is -2.38. The maximum absolute atomic E-state index is 13.7. The highest BCUT2D eigenvalue weighted by Crippen LogP contribution is 2.28. The molecule has 2 N–H and O–H groups in total. The van der Waals surface area contributed by atoms with Crippen LogP contribution in [0.15, 0.2) is 58.3 Å². The van der Waals surface area contributed by atoms with Gasteiger partial charge in [-0.2, -0.15) is 0 Å². The number of amides is 1. The number of methoxy groups -OCH3 is 2. The van der Waals surface area contributed by atoms with Crippen molar-refractivity contribution >= 4 is 11.6 Å². The Balaban J connectivity index is 2.06. The Bertz CT molecular complexity index is 1150. The van der Waals surface area contributed by atoms with E-state index in [1.807, 2.05) is 0 Å². The van der Waals surface area contributed by atoms with Gasteiger partial charge in [-0.1, -0.05) is 12.1 Å². The van der Waals surface area contributed by atoms with E-state index >= 15 is 0 Å². The Labute approximate surface area is 158 Å². The minimum Gasteiger partial charge on any atom is -0.493 e. The van der Waals surface area contributed by atoms with Crippen LogP contribution in [0.25, 0.3) is 5.69 Å². The number of para-hydroxylation sites is 1. The lowest BCUT2D eigenvalue weighted by Gasteiger charge is -2.11. The number of H-pyrrole nitrogens is 1. The van der Waals surface area contributed by atoms with Crippen LogP contribution in [-0.4, -0.2) is 29.7 Å². The van der Waals surface area contributed by atoms with Crippen molar-refractivity contribution in [3.8, 4) is 17.2 Å². The molecule has 1 aromatic heterocycles. The summed E-state index contributed by atoms with van der Waals surface area (Å²) in [5.41, 5.74) is -1.90. The van der Waals surface area contributed by atoms with E-state index in [-0.39, 0.29) is 16.9 Å². The molecule has 3 rings (SSSR count). The summed E-state index contributed by atoms with van der Waals surface area (Å²) < 4.78 is 24.8. The third kappa shape index (κ3) is 3.50. The van der Waals surface area contributed by atoms with E-state index in [1.165, 1.54) is 56.7 Å². The van der Waals surface area contributed by atoms with Crippen molar-refractivity contribution in [2.75, 3.05) is 19.5 Å². The second-order valence-corrected chi connectivity index (χ2v) is 5.62. The zero-order valence-electron chi connectivity index (χ0n) is 15.0. The first-order chi connectivity index (χ1) is 13.5. The number of nitrogens with one attached hydrogen (secondary N) is 2. The van der Waals surface area contributed by atoms with E-state index in [1.54, 1.807) is 0 Å². The number of hydrogen-bond donors (Lipinski definition) is 2. The van der Waals surface area contributed by atoms with Crippen LogP contribution >= 0.6 is 0 Å². The number of carbonyl (C=O) groups excluding carboxylic acids is 1. The maximum atomic E-state index is 13.7. The molecule has 0 spiro atoms. The smallest absolute Gasteiger partial charge is 0.333 e. The molecular weight excluding hydrogens is 369 g/mol. The first-order valence-corrected chi connectivity index (χ1v) is 8.09. The van der Waals surface area contributed by atoms with Crippen LogP contribution in [-0.2, 0) is 0 Å². The van der Waals surface area contributed by atoms with Gasteiger partial charge in [0.25, 0.3) is 11.5 Å². The Morgan fingerprint density at radius 1 is 1.07 bits per heavy atom. The predicted molar refractivity (Wildman–Crippen MR) is 100 cm³/mol. The number of carbonyl (C=O) groups is 1. The topological polar surface area (TPSA) is 102 Å². The highest BCUT2D eigenvalue weighted by atomic mass is 19.1. The molecule has 0 radical (unpaired) electrons. The molecule has 8 nitrogen and oxygen atoms in total. The van der Waals surface area contributed by atoms with Crippen molar-refractivity contribution in [3.63, 3.8) is 0 Å². The normalized spacial score (nSPS) is 10.4. The van der Waals surface area contributed by atoms with Gasteiger partial charge >= 0.3 is 5.69 Å². The number of nitrogens with zero attached hydrogens (tertiary/aromatic N) is 1. The number of aromatic amines is 1. The van der Waals surface area contributed by atoms with Gasteiger partial charge in [0.2, 0.25) is 0 Å². The summed E-state index contributed by atoms with van der Waals surface area (Å²) in [5, 5.41) is 2.31. The van der Waals surface area contributed by atoms with Crippen LogP contribution in [0.3, 0.4) is 0 Å². The summed E-state index contributed by atoms with van der Waals surface area (Å²) >= 11 is 0. The molecule has 0 saturated heterocycles. The highest BCUT2D eigenvalue weighted by molar-refractivity contribution is 6.03. The molecule has 0 saturated carbocycles. The van der Waals surface area contributed by atoms with Crippen molar-refractivity contribution in [3.05, 3.63) is 80.9 Å². The Kier molecular flexibility index (Phi) is 5.25. The van der Waals surface area contributed by atoms with Crippen LogP contribution in [0.4, 0.5) is 10.1 Å². The van der Waals surface area contributed by atoms with Crippen molar-refractivity contribution in [2.45, 2.75) is 0 Å². The molecule has 1 amide bonds. The van der Waals surface area contributed by atoms with Crippen molar-refractivity contribution in [1.29, 1.82) is 0 Å². The molecule has 1 heterocycles. The molecular formula is C19H16FN3O5. The molecule has 9 heteroatoms. The number of hydrogen-bond acceptors (Lipinski definition) is 5. The van der Waals surface area contributed by atoms with Gasteiger partial charge in [0.1, 0.15) is 11.4 Å². The molecule has 3 aromatic rings. The monoisotopic (exact) mass is 385 g/mol. The number of rotatable bonds is 5. The minimum atomic E-state index is -0.871. The first-order valence-electron chi connectivity index (χ1n) is 8.09. The molecule has 0 atom stereocenters. The van der Waals surface area contributed by atoms with E-state index < -0.39 is 23.0 Å². The summed E-state index contributed by atoms with van der Waals surface area (Å²) in [6.07, 6.45) is 0.984. The second-order valence-electron chi connectivity index (χ2n) is 5.62. The molecule has 0 aliphatic rings. The van der Waals surface area contributed by atoms with E-state index in [2.05, 4.69) is 10.3 Å². The summed E-state index contributed by atoms with van der Waals surface area (Å²) in [6.45, 7) is 0. The largest absolute Gasteiger partial charge is 0.493 e. The third-order valence-electron chi connectivity index (χ3n) is 3.97. The van der Waals surface area contributed by atoms with Gasteiger partial charge in [-0.05, 0) is 24.3 Å². The maximum Gasteiger partial charge on any atom is 0.333 e. The molecule has 0 aliphatic carbocycles. The third-order valence-corrected chi connectivity index (χ3v) is 3.97. The van der Waals surface area contributed by atoms with Crippen LogP contribution in [0.2, 0.25) is 0 Å². The van der Waals surface area contributed by atoms with Gasteiger partial charge < -0.3 is 19.8 Å². The van der Waals surface area contributed by atoms with E-state index in [0.29, 0.717) is 11.5 Å². The number of aromatic nitrogens is 2. The quantitative estimate of drug-likeness (QED) is 0.699. The lowest BCUT2D eigenvalue weighted by atomic mass is 10.2. The van der Waals surface area contributed by atoms with Crippen molar-refractivity contribution in [2.24, 2.45) is 0 Å². The van der Waals surface area contributed by atoms with Gasteiger partial charge in [0, 0.05) is 12.3 Å². The summed E-state index contributed by atoms with van der Waals surface area (Å²) in [5.74, 6) is -0.808. The summed E-state index contributed by atoms with van der Waals surface area (Å²) in [4.78, 5) is 39.8. The van der Waals surface area contributed by atoms with Gasteiger partial charge in [-0.3, -0.25) is 9.59 Å². The fourth-order valence-corrected chi connectivity index (χ4v) is 2.59. The SMILES string of the molecule is COc1ccc(-n2c(=O)[nH]cc(C(=O)Nc3ccccc3F)c2=O)cc1OC. The van der Waals surface area contributed by atoms with Crippen LogP contribution in [0, 0.1) is 5.82 Å². The van der Waals surface area contributed by atoms with Gasteiger partial charge in [-0.25, -0.2) is 13.8 Å². The molecule has 0 unspecified atom stereocenters. The summed E-state index contributed by atoms with van der Waals surface area (Å²) in [6, 6.07) is 9.94. The Morgan fingerprint density at radius 3 is 2.46 bits per heavy atom. The molecule has 0 fully saturated rings. The minimum absolute atomic E-state index is 0.0873. The summed E-state index contributed by atoms with van der Waals surface area (Å²) in [7, 11) is 2.86. The fourth-order valence-electron chi connectivity index (χ4n) is 2.59.